The highest BCUT2D eigenvalue weighted by Crippen LogP contribution is 2.22. The van der Waals surface area contributed by atoms with Gasteiger partial charge in [0.2, 0.25) is 0 Å². The maximum absolute atomic E-state index is 12.0. The van der Waals surface area contributed by atoms with Gasteiger partial charge in [-0.05, 0) is 56.2 Å². The number of rotatable bonds is 24. The number of hydrogen-bond donors (Lipinski definition) is 0. The van der Waals surface area contributed by atoms with Crippen molar-refractivity contribution in [3.63, 3.8) is 0 Å². The van der Waals surface area contributed by atoms with Crippen LogP contribution in [0.4, 0.5) is 0 Å². The molecule has 6 heteroatoms. The molecular formula is C33H52O6. The van der Waals surface area contributed by atoms with Crippen molar-refractivity contribution in [2.24, 2.45) is 11.8 Å². The molecule has 0 saturated carbocycles. The molecule has 1 aromatic carbocycles. The first-order valence-corrected chi connectivity index (χ1v) is 15.3. The van der Waals surface area contributed by atoms with Gasteiger partial charge in [0.15, 0.2) is 5.75 Å². The number of carbonyl (C=O) groups excluding carboxylic acids is 4. The van der Waals surface area contributed by atoms with Crippen LogP contribution in [0.25, 0.3) is 0 Å². The molecule has 0 amide bonds. The summed E-state index contributed by atoms with van der Waals surface area (Å²) in [6, 6.07) is 6.17. The second-order valence-electron chi connectivity index (χ2n) is 10.5. The van der Waals surface area contributed by atoms with Crippen LogP contribution in [0.1, 0.15) is 129 Å². The first-order valence-electron chi connectivity index (χ1n) is 15.3. The third-order valence-electron chi connectivity index (χ3n) is 7.52. The maximum Gasteiger partial charge on any atom is 0.168 e. The second kappa shape index (κ2) is 20.5. The highest BCUT2D eigenvalue weighted by molar-refractivity contribution is 6.02. The van der Waals surface area contributed by atoms with Crippen LogP contribution >= 0.6 is 0 Å². The summed E-state index contributed by atoms with van der Waals surface area (Å²) in [7, 11) is 0. The summed E-state index contributed by atoms with van der Waals surface area (Å²) in [6.45, 7) is 9.83. The summed E-state index contributed by atoms with van der Waals surface area (Å²) in [5, 5.41) is 0. The molecule has 0 spiro atoms. The Bertz CT molecular complexity index is 858. The molecule has 6 nitrogen and oxygen atoms in total. The Morgan fingerprint density at radius 1 is 0.641 bits per heavy atom. The van der Waals surface area contributed by atoms with Gasteiger partial charge in [-0.25, -0.2) is 0 Å². The molecule has 0 fully saturated rings. The Hall–Kier alpha value is -2.34. The monoisotopic (exact) mass is 544 g/mol. The van der Waals surface area contributed by atoms with Gasteiger partial charge in [-0.3, -0.25) is 19.2 Å². The minimum Gasteiger partial charge on any atom is -0.337 e. The van der Waals surface area contributed by atoms with Crippen molar-refractivity contribution in [3.05, 3.63) is 29.3 Å². The van der Waals surface area contributed by atoms with E-state index in [9.17, 15) is 19.2 Å². The minimum atomic E-state index is -0.418. The average Bonchev–Trinajstić information content (AvgIpc) is 2.95. The number of carbonyl (C=O) groups is 4. The van der Waals surface area contributed by atoms with Crippen molar-refractivity contribution in [3.8, 4) is 5.75 Å². The van der Waals surface area contributed by atoms with Crippen LogP contribution in [0.3, 0.4) is 0 Å². The fourth-order valence-corrected chi connectivity index (χ4v) is 4.95. The smallest absolute Gasteiger partial charge is 0.168 e. The topological polar surface area (TPSA) is 86.7 Å². The summed E-state index contributed by atoms with van der Waals surface area (Å²) >= 11 is 0. The van der Waals surface area contributed by atoms with E-state index in [-0.39, 0.29) is 23.1 Å². The SMILES string of the molecule is CCC(=O)C(CCCCCCOOc1ccc(CCCCCCC(C(=O)CC)C(=O)CC)cc1C)C(=O)CC. The number of Topliss-reactive ketones (excluding diaryl/α,β-unsaturated/α-hetero) is 4. The molecule has 1 rings (SSSR count). The van der Waals surface area contributed by atoms with Crippen molar-refractivity contribution in [2.45, 2.75) is 131 Å². The van der Waals surface area contributed by atoms with E-state index in [0.29, 0.717) is 45.1 Å². The molecule has 0 atom stereocenters. The Labute approximate surface area is 236 Å². The molecule has 0 N–H and O–H groups in total. The highest BCUT2D eigenvalue weighted by atomic mass is 17.2. The van der Waals surface area contributed by atoms with Crippen molar-refractivity contribution in [2.75, 3.05) is 6.61 Å². The normalized spacial score (nSPS) is 11.3. The molecule has 39 heavy (non-hydrogen) atoms. The van der Waals surface area contributed by atoms with Gasteiger partial charge in [0.25, 0.3) is 0 Å². The average molecular weight is 545 g/mol. The standard InChI is InChI=1S/C33H52O6/c1-6-29(34)27(30(35)7-2)19-15-11-10-14-18-26-21-22-33(25(5)24-26)39-38-23-17-13-12-16-20-28(31(36)8-3)32(37)9-4/h21-22,24,27-28H,6-20,23H2,1-5H3. The fourth-order valence-electron chi connectivity index (χ4n) is 4.95. The predicted octanol–water partition coefficient (Wildman–Crippen LogP) is 7.90. The van der Waals surface area contributed by atoms with Gasteiger partial charge in [-0.1, -0.05) is 78.4 Å². The zero-order valence-electron chi connectivity index (χ0n) is 25.1. The van der Waals surface area contributed by atoms with Gasteiger partial charge < -0.3 is 4.89 Å². The third kappa shape index (κ3) is 13.5. The lowest BCUT2D eigenvalue weighted by atomic mass is 9.90. The molecule has 1 aromatic rings. The molecular weight excluding hydrogens is 492 g/mol. The number of benzene rings is 1. The van der Waals surface area contributed by atoms with Crippen LogP contribution < -0.4 is 4.89 Å². The van der Waals surface area contributed by atoms with E-state index < -0.39 is 11.8 Å². The summed E-state index contributed by atoms with van der Waals surface area (Å²) in [4.78, 5) is 59.0. The number of aryl methyl sites for hydroxylation is 2. The quantitative estimate of drug-likeness (QED) is 0.0569. The van der Waals surface area contributed by atoms with Crippen LogP contribution in [-0.4, -0.2) is 29.7 Å². The van der Waals surface area contributed by atoms with Gasteiger partial charge in [0.05, 0.1) is 18.4 Å². The van der Waals surface area contributed by atoms with E-state index in [0.717, 1.165) is 69.1 Å². The van der Waals surface area contributed by atoms with Crippen molar-refractivity contribution < 1.29 is 29.0 Å². The molecule has 0 bridgehead atoms. The highest BCUT2D eigenvalue weighted by Gasteiger charge is 2.23. The molecule has 0 aliphatic heterocycles. The molecule has 0 aliphatic rings. The number of ketones is 4. The van der Waals surface area contributed by atoms with Gasteiger partial charge >= 0.3 is 0 Å². The Morgan fingerprint density at radius 2 is 1.10 bits per heavy atom. The molecule has 0 aliphatic carbocycles. The van der Waals surface area contributed by atoms with Crippen LogP contribution in [0.5, 0.6) is 5.75 Å². The molecule has 0 aromatic heterocycles. The van der Waals surface area contributed by atoms with E-state index >= 15 is 0 Å². The summed E-state index contributed by atoms with van der Waals surface area (Å²) < 4.78 is 0. The van der Waals surface area contributed by atoms with Crippen molar-refractivity contribution >= 4 is 23.1 Å². The maximum atomic E-state index is 12.0. The van der Waals surface area contributed by atoms with Crippen LogP contribution in [-0.2, 0) is 30.5 Å². The molecule has 0 unspecified atom stereocenters. The fraction of sp³-hybridized carbons (Fsp3) is 0.697. The van der Waals surface area contributed by atoms with Crippen LogP contribution in [0.15, 0.2) is 18.2 Å². The predicted molar refractivity (Wildman–Crippen MR) is 156 cm³/mol. The van der Waals surface area contributed by atoms with E-state index in [2.05, 4.69) is 12.1 Å². The Kier molecular flexibility index (Phi) is 18.3. The second-order valence-corrected chi connectivity index (χ2v) is 10.5. The summed E-state index contributed by atoms with van der Waals surface area (Å²) in [5.41, 5.74) is 2.31. The lowest BCUT2D eigenvalue weighted by molar-refractivity contribution is -0.207. The van der Waals surface area contributed by atoms with E-state index in [1.807, 2.05) is 40.7 Å². The zero-order valence-corrected chi connectivity index (χ0v) is 25.1. The Balaban J connectivity index is 2.23. The van der Waals surface area contributed by atoms with Crippen LogP contribution in [0.2, 0.25) is 0 Å². The van der Waals surface area contributed by atoms with Gasteiger partial charge in [-0.15, -0.1) is 0 Å². The number of hydrogen-bond acceptors (Lipinski definition) is 6. The first-order chi connectivity index (χ1) is 18.8. The Morgan fingerprint density at radius 3 is 1.56 bits per heavy atom. The molecule has 0 heterocycles. The lowest BCUT2D eigenvalue weighted by Crippen LogP contribution is -2.22. The molecule has 220 valence electrons. The van der Waals surface area contributed by atoms with Crippen LogP contribution in [0, 0.1) is 18.8 Å². The first kappa shape index (κ1) is 34.7. The summed E-state index contributed by atoms with van der Waals surface area (Å²) in [5.74, 6) is 0.207. The lowest BCUT2D eigenvalue weighted by Gasteiger charge is -2.13. The van der Waals surface area contributed by atoms with E-state index in [1.165, 1.54) is 5.56 Å². The third-order valence-corrected chi connectivity index (χ3v) is 7.52. The zero-order chi connectivity index (χ0) is 29.0. The largest absolute Gasteiger partial charge is 0.337 e. The van der Waals surface area contributed by atoms with Crippen molar-refractivity contribution in [1.29, 1.82) is 0 Å². The van der Waals surface area contributed by atoms with Crippen molar-refractivity contribution in [1.82, 2.24) is 0 Å². The molecule has 0 radical (unpaired) electrons. The van der Waals surface area contributed by atoms with Gasteiger partial charge in [0, 0.05) is 25.7 Å². The summed E-state index contributed by atoms with van der Waals surface area (Å²) in [6.07, 6.45) is 11.8. The van der Waals surface area contributed by atoms with E-state index in [4.69, 9.17) is 9.78 Å². The molecule has 0 saturated heterocycles. The van der Waals surface area contributed by atoms with E-state index in [1.54, 1.807) is 0 Å². The van der Waals surface area contributed by atoms with Gasteiger partial charge in [0.1, 0.15) is 23.1 Å². The van der Waals surface area contributed by atoms with Gasteiger partial charge in [-0.2, -0.15) is 4.89 Å². The minimum absolute atomic E-state index is 0.0655. The number of unbranched alkanes of at least 4 members (excludes halogenated alkanes) is 6.